The lowest BCUT2D eigenvalue weighted by molar-refractivity contribution is -0.134. The number of carbonyl (C=O) groups excluding carboxylic acids is 1. The number of phenolic OH excluding ortho intramolecular Hbond substituents is 1. The van der Waals surface area contributed by atoms with Crippen molar-refractivity contribution in [2.75, 3.05) is 39.0 Å². The third kappa shape index (κ3) is 3.27. The van der Waals surface area contributed by atoms with Crippen LogP contribution in [0.15, 0.2) is 36.8 Å². The average molecular weight is 406 g/mol. The van der Waals surface area contributed by atoms with E-state index < -0.39 is 0 Å². The van der Waals surface area contributed by atoms with Crippen molar-refractivity contribution in [1.29, 1.82) is 0 Å². The average Bonchev–Trinajstić information content (AvgIpc) is 3.08. The molecule has 1 aliphatic carbocycles. The molecular formula is C22H26N6O2. The molecule has 1 saturated carbocycles. The largest absolute Gasteiger partial charge is 0.508 e. The fraction of sp³-hybridized carbons (Fsp3) is 0.409. The predicted octanol–water partition coefficient (Wildman–Crippen LogP) is 2.11. The summed E-state index contributed by atoms with van der Waals surface area (Å²) in [7, 11) is 1.87. The molecule has 30 heavy (non-hydrogen) atoms. The Bertz CT molecular complexity index is 1100. The number of anilines is 1. The summed E-state index contributed by atoms with van der Waals surface area (Å²) in [5, 5.41) is 10.7. The zero-order valence-corrected chi connectivity index (χ0v) is 17.0. The lowest BCUT2D eigenvalue weighted by atomic mass is 9.79. The first-order chi connectivity index (χ1) is 14.5. The lowest BCUT2D eigenvalue weighted by Gasteiger charge is -2.41. The maximum absolute atomic E-state index is 12.0. The molecular weight excluding hydrogens is 380 g/mol. The molecule has 8 nitrogen and oxygen atoms in total. The molecule has 5 rings (SSSR count). The predicted molar refractivity (Wildman–Crippen MR) is 115 cm³/mol. The molecule has 0 unspecified atom stereocenters. The van der Waals surface area contributed by atoms with E-state index in [0.29, 0.717) is 24.3 Å². The van der Waals surface area contributed by atoms with Gasteiger partial charge >= 0.3 is 0 Å². The number of fused-ring (bicyclic) bond motifs is 1. The summed E-state index contributed by atoms with van der Waals surface area (Å²) in [6.07, 6.45) is 5.69. The molecule has 0 bridgehead atoms. The Morgan fingerprint density at radius 3 is 2.83 bits per heavy atom. The molecule has 0 radical (unpaired) electrons. The van der Waals surface area contributed by atoms with Gasteiger partial charge in [-0.25, -0.2) is 9.97 Å². The van der Waals surface area contributed by atoms with E-state index in [2.05, 4.69) is 25.6 Å². The molecule has 1 amide bonds. The number of nitrogen functional groups attached to an aromatic ring is 1. The van der Waals surface area contributed by atoms with Crippen molar-refractivity contribution in [3.8, 4) is 16.9 Å². The van der Waals surface area contributed by atoms with Gasteiger partial charge in [0.2, 0.25) is 5.91 Å². The topological polar surface area (TPSA) is 101 Å². The van der Waals surface area contributed by atoms with Crippen LogP contribution in [0.4, 0.5) is 5.82 Å². The maximum Gasteiger partial charge on any atom is 0.236 e. The summed E-state index contributed by atoms with van der Waals surface area (Å²) < 4.78 is 2.21. The van der Waals surface area contributed by atoms with E-state index in [-0.39, 0.29) is 11.7 Å². The molecule has 2 aromatic heterocycles. The SMILES string of the molecule is CN1CCN(CC2CC(n3cc(-c4cccc(O)c4)c4c(N)ncnc43)C2)CC1=O. The van der Waals surface area contributed by atoms with E-state index in [1.807, 2.05) is 19.2 Å². The second kappa shape index (κ2) is 7.28. The zero-order valence-electron chi connectivity index (χ0n) is 17.0. The van der Waals surface area contributed by atoms with Crippen LogP contribution < -0.4 is 5.73 Å². The number of phenols is 1. The Labute approximate surface area is 174 Å². The van der Waals surface area contributed by atoms with Gasteiger partial charge in [0.15, 0.2) is 0 Å². The number of amides is 1. The van der Waals surface area contributed by atoms with Crippen molar-refractivity contribution < 1.29 is 9.90 Å². The first-order valence-corrected chi connectivity index (χ1v) is 10.4. The van der Waals surface area contributed by atoms with Crippen molar-refractivity contribution in [2.45, 2.75) is 18.9 Å². The van der Waals surface area contributed by atoms with Gasteiger partial charge in [-0.2, -0.15) is 0 Å². The second-order valence-electron chi connectivity index (χ2n) is 8.50. The van der Waals surface area contributed by atoms with Gasteiger partial charge in [-0.05, 0) is 36.5 Å². The molecule has 2 fully saturated rings. The fourth-order valence-electron chi connectivity index (χ4n) is 4.68. The molecule has 3 aromatic rings. The van der Waals surface area contributed by atoms with Crippen LogP contribution in [-0.4, -0.2) is 68.6 Å². The number of nitrogens with two attached hydrogens (primary N) is 1. The second-order valence-corrected chi connectivity index (χ2v) is 8.50. The van der Waals surface area contributed by atoms with Crippen LogP contribution in [0.5, 0.6) is 5.75 Å². The zero-order chi connectivity index (χ0) is 20.8. The summed E-state index contributed by atoms with van der Waals surface area (Å²) >= 11 is 0. The van der Waals surface area contributed by atoms with Crippen LogP contribution in [0.1, 0.15) is 18.9 Å². The summed E-state index contributed by atoms with van der Waals surface area (Å²) in [5.74, 6) is 1.45. The smallest absolute Gasteiger partial charge is 0.236 e. The summed E-state index contributed by atoms with van der Waals surface area (Å²) in [6, 6.07) is 7.52. The quantitative estimate of drug-likeness (QED) is 0.688. The minimum atomic E-state index is 0.205. The van der Waals surface area contributed by atoms with Crippen LogP contribution in [-0.2, 0) is 4.79 Å². The molecule has 156 valence electrons. The number of likely N-dealkylation sites (N-methyl/N-ethyl adjacent to an activating group) is 1. The highest BCUT2D eigenvalue weighted by Gasteiger charge is 2.34. The lowest BCUT2D eigenvalue weighted by Crippen LogP contribution is -2.50. The monoisotopic (exact) mass is 406 g/mol. The van der Waals surface area contributed by atoms with Gasteiger partial charge in [-0.15, -0.1) is 0 Å². The number of aromatic hydroxyl groups is 1. The van der Waals surface area contributed by atoms with Gasteiger partial charge in [0.25, 0.3) is 0 Å². The Morgan fingerprint density at radius 2 is 2.07 bits per heavy atom. The number of benzene rings is 1. The molecule has 1 aromatic carbocycles. The van der Waals surface area contributed by atoms with Gasteiger partial charge in [-0.3, -0.25) is 9.69 Å². The molecule has 0 atom stereocenters. The molecule has 3 N–H and O–H groups in total. The minimum absolute atomic E-state index is 0.205. The van der Waals surface area contributed by atoms with E-state index in [4.69, 9.17) is 5.73 Å². The first kappa shape index (κ1) is 18.9. The highest BCUT2D eigenvalue weighted by molar-refractivity contribution is 6.00. The number of hydrogen-bond donors (Lipinski definition) is 2. The van der Waals surface area contributed by atoms with E-state index in [1.54, 1.807) is 17.0 Å². The normalized spacial score (nSPS) is 22.4. The highest BCUT2D eigenvalue weighted by atomic mass is 16.3. The van der Waals surface area contributed by atoms with Crippen LogP contribution in [0.25, 0.3) is 22.2 Å². The number of hydrogen-bond acceptors (Lipinski definition) is 6. The molecule has 2 aliphatic rings. The molecule has 1 saturated heterocycles. The van der Waals surface area contributed by atoms with E-state index in [1.165, 1.54) is 6.33 Å². The third-order valence-electron chi connectivity index (χ3n) is 6.45. The Morgan fingerprint density at radius 1 is 1.23 bits per heavy atom. The third-order valence-corrected chi connectivity index (χ3v) is 6.45. The Hall–Kier alpha value is -3.13. The van der Waals surface area contributed by atoms with Crippen molar-refractivity contribution in [2.24, 2.45) is 5.92 Å². The fourth-order valence-corrected chi connectivity index (χ4v) is 4.68. The van der Waals surface area contributed by atoms with E-state index in [9.17, 15) is 9.90 Å². The van der Waals surface area contributed by atoms with E-state index >= 15 is 0 Å². The van der Waals surface area contributed by atoms with Gasteiger partial charge in [-0.1, -0.05) is 12.1 Å². The summed E-state index contributed by atoms with van der Waals surface area (Å²) in [4.78, 5) is 24.7. The Kier molecular flexibility index (Phi) is 4.58. The van der Waals surface area contributed by atoms with Crippen LogP contribution >= 0.6 is 0 Å². The van der Waals surface area contributed by atoms with Crippen molar-refractivity contribution in [3.05, 3.63) is 36.8 Å². The molecule has 0 spiro atoms. The van der Waals surface area contributed by atoms with Gasteiger partial charge < -0.3 is 20.3 Å². The summed E-state index contributed by atoms with van der Waals surface area (Å²) in [6.45, 7) is 3.24. The van der Waals surface area contributed by atoms with Gasteiger partial charge in [0.1, 0.15) is 23.5 Å². The van der Waals surface area contributed by atoms with Crippen LogP contribution in [0.2, 0.25) is 0 Å². The highest BCUT2D eigenvalue weighted by Crippen LogP contribution is 2.43. The molecule has 8 heteroatoms. The van der Waals surface area contributed by atoms with Crippen LogP contribution in [0.3, 0.4) is 0 Å². The van der Waals surface area contributed by atoms with Gasteiger partial charge in [0, 0.05) is 44.5 Å². The molecule has 3 heterocycles. The standard InChI is InChI=1S/C22H26N6O2/c1-26-5-6-27(12-19(26)30)10-14-7-16(8-14)28-11-18(15-3-2-4-17(29)9-15)20-21(23)24-13-25-22(20)28/h2-4,9,11,13-14,16,29H,5-8,10,12H2,1H3,(H2,23,24,25). The van der Waals surface area contributed by atoms with E-state index in [0.717, 1.165) is 54.6 Å². The maximum atomic E-state index is 12.0. The Balaban J connectivity index is 1.37. The van der Waals surface area contributed by atoms with Crippen molar-refractivity contribution >= 4 is 22.8 Å². The minimum Gasteiger partial charge on any atom is -0.508 e. The number of carbonyl (C=O) groups is 1. The number of rotatable bonds is 4. The number of aromatic nitrogens is 3. The van der Waals surface area contributed by atoms with Crippen molar-refractivity contribution in [1.82, 2.24) is 24.3 Å². The summed E-state index contributed by atoms with van der Waals surface area (Å²) in [5.41, 5.74) is 8.88. The number of nitrogens with zero attached hydrogens (tertiary/aromatic N) is 5. The van der Waals surface area contributed by atoms with Crippen LogP contribution in [0, 0.1) is 5.92 Å². The number of piperazine rings is 1. The van der Waals surface area contributed by atoms with Crippen molar-refractivity contribution in [3.63, 3.8) is 0 Å². The first-order valence-electron chi connectivity index (χ1n) is 10.4. The van der Waals surface area contributed by atoms with Gasteiger partial charge in [0.05, 0.1) is 11.9 Å². The molecule has 1 aliphatic heterocycles.